The first-order chi connectivity index (χ1) is 10.2. The SMILES string of the molecule is CC1CC(NC(=O)C(C)(C)C)CN(c2cc(F)ccc2F)C1. The zero-order valence-corrected chi connectivity index (χ0v) is 13.6. The van der Waals surface area contributed by atoms with E-state index in [1.165, 1.54) is 6.07 Å². The fourth-order valence-electron chi connectivity index (χ4n) is 2.78. The number of amides is 1. The third kappa shape index (κ3) is 3.96. The Labute approximate surface area is 130 Å². The highest BCUT2D eigenvalue weighted by molar-refractivity contribution is 5.81. The number of hydrogen-bond acceptors (Lipinski definition) is 2. The van der Waals surface area contributed by atoms with E-state index in [4.69, 9.17) is 0 Å². The van der Waals surface area contributed by atoms with Crippen molar-refractivity contribution in [2.45, 2.75) is 40.2 Å². The fourth-order valence-corrected chi connectivity index (χ4v) is 2.78. The molecule has 0 saturated carbocycles. The van der Waals surface area contributed by atoms with E-state index in [1.807, 2.05) is 25.7 Å². The van der Waals surface area contributed by atoms with Gasteiger partial charge in [0.05, 0.1) is 5.69 Å². The lowest BCUT2D eigenvalue weighted by Gasteiger charge is -2.39. The van der Waals surface area contributed by atoms with Gasteiger partial charge in [-0.15, -0.1) is 0 Å². The maximum absolute atomic E-state index is 14.0. The van der Waals surface area contributed by atoms with Crippen LogP contribution in [-0.2, 0) is 4.79 Å². The Morgan fingerprint density at radius 1 is 1.27 bits per heavy atom. The van der Waals surface area contributed by atoms with Crippen LogP contribution in [0.3, 0.4) is 0 Å². The second-order valence-corrected chi connectivity index (χ2v) is 7.26. The molecule has 22 heavy (non-hydrogen) atoms. The van der Waals surface area contributed by atoms with Crippen LogP contribution >= 0.6 is 0 Å². The molecule has 1 fully saturated rings. The first kappa shape index (κ1) is 16.7. The molecule has 1 heterocycles. The molecular formula is C17H24F2N2O. The predicted octanol–water partition coefficient (Wildman–Crippen LogP) is 3.34. The second kappa shape index (κ2) is 6.23. The van der Waals surface area contributed by atoms with Crippen molar-refractivity contribution >= 4 is 11.6 Å². The zero-order valence-electron chi connectivity index (χ0n) is 13.6. The second-order valence-electron chi connectivity index (χ2n) is 7.26. The van der Waals surface area contributed by atoms with Gasteiger partial charge in [0.1, 0.15) is 11.6 Å². The number of carbonyl (C=O) groups is 1. The van der Waals surface area contributed by atoms with Crippen LogP contribution in [0.25, 0.3) is 0 Å². The van der Waals surface area contributed by atoms with Crippen molar-refractivity contribution < 1.29 is 13.6 Å². The number of benzene rings is 1. The van der Waals surface area contributed by atoms with E-state index in [1.54, 1.807) is 0 Å². The van der Waals surface area contributed by atoms with Crippen LogP contribution in [-0.4, -0.2) is 25.0 Å². The standard InChI is InChI=1S/C17H24F2N2O/c1-11-7-13(20-16(22)17(2,3)4)10-21(9-11)15-8-12(18)5-6-14(15)19/h5-6,8,11,13H,7,9-10H2,1-4H3,(H,20,22). The summed E-state index contributed by atoms with van der Waals surface area (Å²) in [4.78, 5) is 14.0. The number of anilines is 1. The molecule has 1 aliphatic heterocycles. The largest absolute Gasteiger partial charge is 0.367 e. The summed E-state index contributed by atoms with van der Waals surface area (Å²) in [5.74, 6) is -0.616. The van der Waals surface area contributed by atoms with Gasteiger partial charge in [0, 0.05) is 30.6 Å². The van der Waals surface area contributed by atoms with Crippen molar-refractivity contribution in [3.8, 4) is 0 Å². The molecule has 1 aliphatic rings. The molecule has 0 spiro atoms. The lowest BCUT2D eigenvalue weighted by Crippen LogP contribution is -2.52. The van der Waals surface area contributed by atoms with Gasteiger partial charge in [-0.2, -0.15) is 0 Å². The number of piperidine rings is 1. The van der Waals surface area contributed by atoms with E-state index < -0.39 is 17.0 Å². The van der Waals surface area contributed by atoms with Crippen LogP contribution in [0, 0.1) is 23.0 Å². The minimum atomic E-state index is -0.463. The first-order valence-electron chi connectivity index (χ1n) is 7.68. The van der Waals surface area contributed by atoms with Crippen molar-refractivity contribution in [3.05, 3.63) is 29.8 Å². The number of hydrogen-bond donors (Lipinski definition) is 1. The van der Waals surface area contributed by atoms with Gasteiger partial charge in [0.25, 0.3) is 0 Å². The lowest BCUT2D eigenvalue weighted by atomic mass is 9.92. The fraction of sp³-hybridized carbons (Fsp3) is 0.588. The van der Waals surface area contributed by atoms with E-state index in [0.717, 1.165) is 18.6 Å². The summed E-state index contributed by atoms with van der Waals surface area (Å²) in [6.07, 6.45) is 0.843. The van der Waals surface area contributed by atoms with Crippen LogP contribution in [0.2, 0.25) is 0 Å². The molecule has 1 aromatic carbocycles. The summed E-state index contributed by atoms with van der Waals surface area (Å²) in [5.41, 5.74) is -0.197. The predicted molar refractivity (Wildman–Crippen MR) is 83.7 cm³/mol. The molecule has 0 aromatic heterocycles. The van der Waals surface area contributed by atoms with E-state index in [0.29, 0.717) is 19.0 Å². The third-order valence-corrected chi connectivity index (χ3v) is 3.92. The number of nitrogens with one attached hydrogen (secondary N) is 1. The van der Waals surface area contributed by atoms with Crippen molar-refractivity contribution in [2.75, 3.05) is 18.0 Å². The van der Waals surface area contributed by atoms with Crippen LogP contribution in [0.4, 0.5) is 14.5 Å². The van der Waals surface area contributed by atoms with Gasteiger partial charge in [0.15, 0.2) is 0 Å². The normalized spacial score (nSPS) is 22.5. The first-order valence-corrected chi connectivity index (χ1v) is 7.68. The van der Waals surface area contributed by atoms with Gasteiger partial charge in [-0.1, -0.05) is 27.7 Å². The van der Waals surface area contributed by atoms with E-state index in [-0.39, 0.29) is 17.6 Å². The highest BCUT2D eigenvalue weighted by Gasteiger charge is 2.30. The molecule has 1 saturated heterocycles. The van der Waals surface area contributed by atoms with Crippen LogP contribution < -0.4 is 10.2 Å². The molecule has 2 atom stereocenters. The average molecular weight is 310 g/mol. The molecule has 0 radical (unpaired) electrons. The molecule has 3 nitrogen and oxygen atoms in total. The molecule has 2 unspecified atom stereocenters. The van der Waals surface area contributed by atoms with E-state index >= 15 is 0 Å². The molecule has 2 rings (SSSR count). The minimum Gasteiger partial charge on any atom is -0.367 e. The van der Waals surface area contributed by atoms with Gasteiger partial charge in [-0.25, -0.2) is 8.78 Å². The Morgan fingerprint density at radius 3 is 2.59 bits per heavy atom. The summed E-state index contributed by atoms with van der Waals surface area (Å²) in [6.45, 7) is 8.78. The Kier molecular flexibility index (Phi) is 4.73. The van der Waals surface area contributed by atoms with Crippen LogP contribution in [0.15, 0.2) is 18.2 Å². The highest BCUT2D eigenvalue weighted by atomic mass is 19.1. The molecular weight excluding hydrogens is 286 g/mol. The van der Waals surface area contributed by atoms with Crippen molar-refractivity contribution in [3.63, 3.8) is 0 Å². The maximum Gasteiger partial charge on any atom is 0.225 e. The Hall–Kier alpha value is -1.65. The molecule has 0 bridgehead atoms. The highest BCUT2D eigenvalue weighted by Crippen LogP contribution is 2.27. The van der Waals surface area contributed by atoms with Crippen molar-refractivity contribution in [1.29, 1.82) is 0 Å². The van der Waals surface area contributed by atoms with Gasteiger partial charge in [-0.3, -0.25) is 4.79 Å². The average Bonchev–Trinajstić information content (AvgIpc) is 2.39. The Bertz CT molecular complexity index is 554. The Balaban J connectivity index is 2.14. The number of carbonyl (C=O) groups excluding carboxylic acids is 1. The van der Waals surface area contributed by atoms with Crippen LogP contribution in [0.1, 0.15) is 34.1 Å². The third-order valence-electron chi connectivity index (χ3n) is 3.92. The van der Waals surface area contributed by atoms with Gasteiger partial charge in [-0.05, 0) is 24.5 Å². The smallest absolute Gasteiger partial charge is 0.225 e. The lowest BCUT2D eigenvalue weighted by molar-refractivity contribution is -0.129. The topological polar surface area (TPSA) is 32.3 Å². The summed E-state index contributed by atoms with van der Waals surface area (Å²) < 4.78 is 27.4. The van der Waals surface area contributed by atoms with Crippen molar-refractivity contribution in [2.24, 2.45) is 11.3 Å². The summed E-state index contributed by atoms with van der Waals surface area (Å²) in [6, 6.07) is 3.42. The monoisotopic (exact) mass is 310 g/mol. The summed E-state index contributed by atoms with van der Waals surface area (Å²) in [5, 5.41) is 3.03. The quantitative estimate of drug-likeness (QED) is 0.908. The zero-order chi connectivity index (χ0) is 16.5. The molecule has 0 aliphatic carbocycles. The molecule has 1 N–H and O–H groups in total. The maximum atomic E-state index is 14.0. The molecule has 5 heteroatoms. The van der Waals surface area contributed by atoms with Gasteiger partial charge in [0.2, 0.25) is 5.91 Å². The molecule has 1 amide bonds. The number of halogens is 2. The van der Waals surface area contributed by atoms with Gasteiger partial charge >= 0.3 is 0 Å². The number of rotatable bonds is 2. The summed E-state index contributed by atoms with van der Waals surface area (Å²) in [7, 11) is 0. The minimum absolute atomic E-state index is 0.0220. The number of nitrogens with zero attached hydrogens (tertiary/aromatic N) is 1. The molecule has 122 valence electrons. The van der Waals surface area contributed by atoms with E-state index in [9.17, 15) is 13.6 Å². The van der Waals surface area contributed by atoms with Crippen LogP contribution in [0.5, 0.6) is 0 Å². The summed E-state index contributed by atoms with van der Waals surface area (Å²) >= 11 is 0. The van der Waals surface area contributed by atoms with Gasteiger partial charge < -0.3 is 10.2 Å². The Morgan fingerprint density at radius 2 is 1.95 bits per heavy atom. The molecule has 1 aromatic rings. The van der Waals surface area contributed by atoms with Crippen molar-refractivity contribution in [1.82, 2.24) is 5.32 Å². The van der Waals surface area contributed by atoms with E-state index in [2.05, 4.69) is 12.2 Å².